The van der Waals surface area contributed by atoms with Crippen molar-refractivity contribution in [3.05, 3.63) is 47.6 Å². The van der Waals surface area contributed by atoms with Gasteiger partial charge in [0.2, 0.25) is 0 Å². The number of benzene rings is 1. The lowest BCUT2D eigenvalue weighted by Gasteiger charge is -2.08. The fraction of sp³-hybridized carbons (Fsp3) is 0.267. The predicted molar refractivity (Wildman–Crippen MR) is 76.1 cm³/mol. The Morgan fingerprint density at radius 2 is 2.04 bits per heavy atom. The van der Waals surface area contributed by atoms with Gasteiger partial charge in [0.25, 0.3) is 0 Å². The van der Waals surface area contributed by atoms with Crippen molar-refractivity contribution in [2.24, 2.45) is 0 Å². The molecule has 0 spiro atoms. The molecule has 0 saturated carbocycles. The van der Waals surface area contributed by atoms with Crippen LogP contribution in [0.1, 0.15) is 17.2 Å². The molecule has 3 heterocycles. The van der Waals surface area contributed by atoms with E-state index in [1.807, 2.05) is 0 Å². The van der Waals surface area contributed by atoms with Gasteiger partial charge in [-0.2, -0.15) is 18.3 Å². The quantitative estimate of drug-likeness (QED) is 0.502. The van der Waals surface area contributed by atoms with E-state index in [1.54, 1.807) is 23.9 Å². The zero-order valence-corrected chi connectivity index (χ0v) is 12.5. The molecule has 1 aliphatic heterocycles. The van der Waals surface area contributed by atoms with E-state index in [0.29, 0.717) is 11.3 Å². The minimum Gasteiger partial charge on any atom is -0.300 e. The fourth-order valence-corrected chi connectivity index (χ4v) is 2.85. The predicted octanol–water partition coefficient (Wildman–Crippen LogP) is 3.04. The van der Waals surface area contributed by atoms with E-state index in [2.05, 4.69) is 15.1 Å². The summed E-state index contributed by atoms with van der Waals surface area (Å²) in [7, 11) is 0. The van der Waals surface area contributed by atoms with Gasteiger partial charge in [0, 0.05) is 5.56 Å². The number of hydrogen-bond acceptors (Lipinski definition) is 3. The molecule has 0 unspecified atom stereocenters. The standard InChI is InChI=1S/C15H11F4N5/c1-8-12-6-24-14(21-13(22-24)5-15(17,18)19)10-4-9(16)2-3-11(10)23(12)7-20-8/h2-4,7H,5-6H2,1H3. The van der Waals surface area contributed by atoms with Crippen LogP contribution in [0.3, 0.4) is 0 Å². The molecule has 0 radical (unpaired) electrons. The van der Waals surface area contributed by atoms with Crippen LogP contribution in [0.2, 0.25) is 0 Å². The summed E-state index contributed by atoms with van der Waals surface area (Å²) in [5.41, 5.74) is 2.49. The van der Waals surface area contributed by atoms with Crippen molar-refractivity contribution in [2.75, 3.05) is 0 Å². The van der Waals surface area contributed by atoms with Crippen LogP contribution in [-0.4, -0.2) is 30.5 Å². The van der Waals surface area contributed by atoms with E-state index in [4.69, 9.17) is 0 Å². The van der Waals surface area contributed by atoms with Gasteiger partial charge in [-0.05, 0) is 25.1 Å². The minimum atomic E-state index is -4.41. The van der Waals surface area contributed by atoms with Gasteiger partial charge >= 0.3 is 6.18 Å². The van der Waals surface area contributed by atoms with E-state index in [1.165, 1.54) is 16.8 Å². The first-order valence-corrected chi connectivity index (χ1v) is 7.15. The van der Waals surface area contributed by atoms with E-state index in [9.17, 15) is 17.6 Å². The van der Waals surface area contributed by atoms with E-state index in [0.717, 1.165) is 11.4 Å². The largest absolute Gasteiger partial charge is 0.396 e. The van der Waals surface area contributed by atoms with Crippen molar-refractivity contribution in [1.29, 1.82) is 0 Å². The van der Waals surface area contributed by atoms with Crippen molar-refractivity contribution in [3.63, 3.8) is 0 Å². The Morgan fingerprint density at radius 3 is 2.79 bits per heavy atom. The Hall–Kier alpha value is -2.71. The van der Waals surface area contributed by atoms with Gasteiger partial charge in [0.05, 0.1) is 29.9 Å². The van der Waals surface area contributed by atoms with Crippen molar-refractivity contribution in [2.45, 2.75) is 26.1 Å². The van der Waals surface area contributed by atoms with Crippen molar-refractivity contribution >= 4 is 0 Å². The van der Waals surface area contributed by atoms with Gasteiger partial charge in [-0.15, -0.1) is 0 Å². The fourth-order valence-electron chi connectivity index (χ4n) is 2.85. The third-order valence-electron chi connectivity index (χ3n) is 3.91. The van der Waals surface area contributed by atoms with Crippen LogP contribution < -0.4 is 0 Å². The average molecular weight is 337 g/mol. The van der Waals surface area contributed by atoms with Crippen LogP contribution in [0, 0.1) is 12.7 Å². The monoisotopic (exact) mass is 337 g/mol. The molecule has 0 atom stereocenters. The number of hydrogen-bond donors (Lipinski definition) is 0. The number of alkyl halides is 3. The molecule has 0 amide bonds. The average Bonchev–Trinajstić information content (AvgIpc) is 2.99. The van der Waals surface area contributed by atoms with Gasteiger partial charge in [-0.3, -0.25) is 0 Å². The summed E-state index contributed by atoms with van der Waals surface area (Å²) in [6.45, 7) is 2.01. The summed E-state index contributed by atoms with van der Waals surface area (Å²) in [4.78, 5) is 8.23. The molecule has 5 nitrogen and oxygen atoms in total. The normalized spacial score (nSPS) is 13.2. The summed E-state index contributed by atoms with van der Waals surface area (Å²) >= 11 is 0. The Balaban J connectivity index is 1.94. The zero-order chi connectivity index (χ0) is 17.1. The van der Waals surface area contributed by atoms with Crippen LogP contribution in [-0.2, 0) is 13.0 Å². The van der Waals surface area contributed by atoms with E-state index >= 15 is 0 Å². The highest BCUT2D eigenvalue weighted by Crippen LogP contribution is 2.32. The molecule has 0 bridgehead atoms. The maximum absolute atomic E-state index is 13.7. The molecule has 1 aromatic carbocycles. The van der Waals surface area contributed by atoms with Gasteiger partial charge in [0.1, 0.15) is 12.2 Å². The lowest BCUT2D eigenvalue weighted by atomic mass is 10.1. The highest BCUT2D eigenvalue weighted by molar-refractivity contribution is 5.69. The van der Waals surface area contributed by atoms with E-state index in [-0.39, 0.29) is 18.2 Å². The summed E-state index contributed by atoms with van der Waals surface area (Å²) in [5, 5.41) is 3.97. The number of aryl methyl sites for hydroxylation is 1. The van der Waals surface area contributed by atoms with Crippen molar-refractivity contribution in [1.82, 2.24) is 24.3 Å². The number of fused-ring (bicyclic) bond motifs is 5. The molecule has 0 saturated heterocycles. The number of rotatable bonds is 1. The van der Waals surface area contributed by atoms with Crippen LogP contribution in [0.15, 0.2) is 24.5 Å². The third-order valence-corrected chi connectivity index (χ3v) is 3.91. The first-order chi connectivity index (χ1) is 11.3. The summed E-state index contributed by atoms with van der Waals surface area (Å²) in [6, 6.07) is 4.10. The molecule has 1 aliphatic rings. The zero-order valence-electron chi connectivity index (χ0n) is 12.5. The number of imidazole rings is 1. The summed E-state index contributed by atoms with van der Waals surface area (Å²) < 4.78 is 54.8. The molecule has 24 heavy (non-hydrogen) atoms. The van der Waals surface area contributed by atoms with Crippen molar-refractivity contribution < 1.29 is 17.6 Å². The molecular formula is C15H11F4N5. The van der Waals surface area contributed by atoms with Crippen LogP contribution in [0.4, 0.5) is 17.6 Å². The molecule has 3 aromatic rings. The maximum atomic E-state index is 13.7. The SMILES string of the molecule is Cc1ncn2c1Cn1nc(CC(F)(F)F)nc1-c1cc(F)ccc1-2. The topological polar surface area (TPSA) is 48.5 Å². The third kappa shape index (κ3) is 2.36. The lowest BCUT2D eigenvalue weighted by molar-refractivity contribution is -0.128. The second kappa shape index (κ2) is 4.89. The second-order valence-corrected chi connectivity index (χ2v) is 5.61. The molecule has 4 rings (SSSR count). The Bertz CT molecular complexity index is 938. The summed E-state index contributed by atoms with van der Waals surface area (Å²) in [5.74, 6) is -0.619. The van der Waals surface area contributed by atoms with Gasteiger partial charge in [-0.25, -0.2) is 19.0 Å². The van der Waals surface area contributed by atoms with Crippen LogP contribution >= 0.6 is 0 Å². The Morgan fingerprint density at radius 1 is 1.25 bits per heavy atom. The highest BCUT2D eigenvalue weighted by Gasteiger charge is 2.32. The van der Waals surface area contributed by atoms with Crippen molar-refractivity contribution in [3.8, 4) is 17.1 Å². The molecular weight excluding hydrogens is 326 g/mol. The highest BCUT2D eigenvalue weighted by atomic mass is 19.4. The second-order valence-electron chi connectivity index (χ2n) is 5.61. The molecule has 0 N–H and O–H groups in total. The van der Waals surface area contributed by atoms with Gasteiger partial charge in [0.15, 0.2) is 11.6 Å². The van der Waals surface area contributed by atoms with Crippen LogP contribution in [0.25, 0.3) is 17.1 Å². The molecule has 9 heteroatoms. The van der Waals surface area contributed by atoms with E-state index < -0.39 is 18.4 Å². The smallest absolute Gasteiger partial charge is 0.300 e. The molecule has 2 aromatic heterocycles. The van der Waals surface area contributed by atoms with Crippen LogP contribution in [0.5, 0.6) is 0 Å². The maximum Gasteiger partial charge on any atom is 0.396 e. The lowest BCUT2D eigenvalue weighted by Crippen LogP contribution is -2.13. The Labute approximate surface area is 133 Å². The molecule has 0 aliphatic carbocycles. The molecule has 0 fully saturated rings. The molecule has 124 valence electrons. The minimum absolute atomic E-state index is 0.211. The number of aromatic nitrogens is 5. The Kier molecular flexibility index (Phi) is 3.03. The summed E-state index contributed by atoms with van der Waals surface area (Å²) in [6.07, 6.45) is -4.03. The first kappa shape index (κ1) is 14.9. The van der Waals surface area contributed by atoms with Gasteiger partial charge < -0.3 is 4.57 Å². The number of halogens is 4. The first-order valence-electron chi connectivity index (χ1n) is 7.15. The van der Waals surface area contributed by atoms with Gasteiger partial charge in [-0.1, -0.05) is 0 Å². The number of nitrogens with zero attached hydrogens (tertiary/aromatic N) is 5.